The van der Waals surface area contributed by atoms with Crippen LogP contribution in [0.5, 0.6) is 5.75 Å². The van der Waals surface area contributed by atoms with Crippen LogP contribution < -0.4 is 10.1 Å². The van der Waals surface area contributed by atoms with Gasteiger partial charge in [-0.05, 0) is 52.3 Å². The monoisotopic (exact) mass is 401 g/mol. The highest BCUT2D eigenvalue weighted by Gasteiger charge is 2.08. The Morgan fingerprint density at radius 2 is 1.95 bits per heavy atom. The molecule has 0 aliphatic carbocycles. The molecule has 0 heterocycles. The highest BCUT2D eigenvalue weighted by molar-refractivity contribution is 9.10. The summed E-state index contributed by atoms with van der Waals surface area (Å²) in [6.45, 7) is -0.181. The van der Waals surface area contributed by atoms with Gasteiger partial charge in [0.05, 0.1) is 14.5 Å². The van der Waals surface area contributed by atoms with E-state index in [4.69, 9.17) is 27.9 Å². The first kappa shape index (κ1) is 16.8. The Labute approximate surface area is 145 Å². The summed E-state index contributed by atoms with van der Waals surface area (Å²) >= 11 is 14.9. The number of anilines is 1. The number of halogens is 3. The van der Waals surface area contributed by atoms with E-state index in [-0.39, 0.29) is 12.5 Å². The minimum absolute atomic E-state index is 0.181. The minimum atomic E-state index is -0.343. The predicted molar refractivity (Wildman–Crippen MR) is 90.1 cm³/mol. The SMILES string of the molecule is O=Cc1ccc(OCC(=O)Nc2ccc(Cl)c(Cl)c2)c(Br)c1. The van der Waals surface area contributed by atoms with Gasteiger partial charge in [-0.2, -0.15) is 0 Å². The molecule has 0 aliphatic heterocycles. The van der Waals surface area contributed by atoms with Gasteiger partial charge in [-0.3, -0.25) is 9.59 Å². The number of rotatable bonds is 5. The molecule has 0 unspecified atom stereocenters. The van der Waals surface area contributed by atoms with Crippen molar-refractivity contribution in [3.8, 4) is 5.75 Å². The quantitative estimate of drug-likeness (QED) is 0.744. The molecule has 0 aliphatic rings. The molecular weight excluding hydrogens is 393 g/mol. The number of hydrogen-bond acceptors (Lipinski definition) is 3. The molecule has 4 nitrogen and oxygen atoms in total. The van der Waals surface area contributed by atoms with E-state index in [0.29, 0.717) is 31.5 Å². The van der Waals surface area contributed by atoms with Gasteiger partial charge in [0.1, 0.15) is 12.0 Å². The van der Waals surface area contributed by atoms with Gasteiger partial charge in [0, 0.05) is 11.3 Å². The number of nitrogens with one attached hydrogen (secondary N) is 1. The van der Waals surface area contributed by atoms with Crippen molar-refractivity contribution in [2.75, 3.05) is 11.9 Å². The number of carbonyl (C=O) groups excluding carboxylic acids is 2. The van der Waals surface area contributed by atoms with E-state index >= 15 is 0 Å². The third kappa shape index (κ3) is 4.47. The van der Waals surface area contributed by atoms with Crippen molar-refractivity contribution in [1.29, 1.82) is 0 Å². The summed E-state index contributed by atoms with van der Waals surface area (Å²) in [4.78, 5) is 22.5. The third-order valence-corrected chi connectivity index (χ3v) is 4.01. The van der Waals surface area contributed by atoms with Gasteiger partial charge >= 0.3 is 0 Å². The van der Waals surface area contributed by atoms with Crippen LogP contribution in [0, 0.1) is 0 Å². The zero-order valence-electron chi connectivity index (χ0n) is 11.1. The predicted octanol–water partition coefficient (Wildman–Crippen LogP) is 4.59. The van der Waals surface area contributed by atoms with E-state index in [2.05, 4.69) is 21.2 Å². The lowest BCUT2D eigenvalue weighted by atomic mass is 10.2. The van der Waals surface area contributed by atoms with Gasteiger partial charge in [-0.1, -0.05) is 23.2 Å². The fourth-order valence-corrected chi connectivity index (χ4v) is 2.43. The maximum absolute atomic E-state index is 11.8. The summed E-state index contributed by atoms with van der Waals surface area (Å²) in [5, 5.41) is 3.41. The van der Waals surface area contributed by atoms with Gasteiger partial charge in [0.2, 0.25) is 0 Å². The standard InChI is InChI=1S/C15H10BrCl2NO3/c16-11-5-9(7-20)1-4-14(11)22-8-15(21)19-10-2-3-12(17)13(18)6-10/h1-7H,8H2,(H,19,21). The van der Waals surface area contributed by atoms with Crippen LogP contribution in [-0.4, -0.2) is 18.8 Å². The van der Waals surface area contributed by atoms with Crippen molar-refractivity contribution in [1.82, 2.24) is 0 Å². The zero-order chi connectivity index (χ0) is 16.1. The average molecular weight is 403 g/mol. The first-order valence-corrected chi connectivity index (χ1v) is 7.67. The molecule has 0 bridgehead atoms. The number of amides is 1. The summed E-state index contributed by atoms with van der Waals surface area (Å²) < 4.78 is 5.99. The summed E-state index contributed by atoms with van der Waals surface area (Å²) in [6.07, 6.45) is 0.728. The van der Waals surface area contributed by atoms with Gasteiger partial charge in [0.15, 0.2) is 6.61 Å². The van der Waals surface area contributed by atoms with Crippen LogP contribution in [0.15, 0.2) is 40.9 Å². The van der Waals surface area contributed by atoms with E-state index < -0.39 is 0 Å². The molecule has 1 amide bonds. The summed E-state index contributed by atoms with van der Waals surface area (Å²) in [6, 6.07) is 9.61. The fraction of sp³-hybridized carbons (Fsp3) is 0.0667. The van der Waals surface area contributed by atoms with Crippen molar-refractivity contribution >= 4 is 57.0 Å². The fourth-order valence-electron chi connectivity index (χ4n) is 1.62. The Balaban J connectivity index is 1.95. The summed E-state index contributed by atoms with van der Waals surface area (Å²) in [5.74, 6) is 0.125. The van der Waals surface area contributed by atoms with Crippen LogP contribution in [0.25, 0.3) is 0 Å². The van der Waals surface area contributed by atoms with Crippen LogP contribution in [0.1, 0.15) is 10.4 Å². The van der Waals surface area contributed by atoms with E-state index in [9.17, 15) is 9.59 Å². The maximum Gasteiger partial charge on any atom is 0.262 e. The van der Waals surface area contributed by atoms with Crippen molar-refractivity contribution < 1.29 is 14.3 Å². The number of ether oxygens (including phenoxy) is 1. The van der Waals surface area contributed by atoms with Crippen molar-refractivity contribution in [3.63, 3.8) is 0 Å². The lowest BCUT2D eigenvalue weighted by molar-refractivity contribution is -0.118. The Kier molecular flexibility index (Phi) is 5.83. The van der Waals surface area contributed by atoms with Crippen molar-refractivity contribution in [3.05, 3.63) is 56.5 Å². The summed E-state index contributed by atoms with van der Waals surface area (Å²) in [7, 11) is 0. The Hall–Kier alpha value is -1.56. The first-order chi connectivity index (χ1) is 10.5. The minimum Gasteiger partial charge on any atom is -0.483 e. The summed E-state index contributed by atoms with van der Waals surface area (Å²) in [5.41, 5.74) is 1.04. The number of aldehydes is 1. The van der Waals surface area contributed by atoms with Crippen molar-refractivity contribution in [2.45, 2.75) is 0 Å². The normalized spacial score (nSPS) is 10.1. The molecule has 0 atom stereocenters. The lowest BCUT2D eigenvalue weighted by Crippen LogP contribution is -2.20. The molecule has 114 valence electrons. The molecule has 2 aromatic rings. The van der Waals surface area contributed by atoms with E-state index in [1.165, 1.54) is 0 Å². The van der Waals surface area contributed by atoms with Crippen LogP contribution in [0.3, 0.4) is 0 Å². The molecule has 0 fully saturated rings. The smallest absolute Gasteiger partial charge is 0.262 e. The molecule has 0 spiro atoms. The topological polar surface area (TPSA) is 55.4 Å². The van der Waals surface area contributed by atoms with Gasteiger partial charge < -0.3 is 10.1 Å². The number of hydrogen-bond donors (Lipinski definition) is 1. The average Bonchev–Trinajstić information content (AvgIpc) is 2.49. The van der Waals surface area contributed by atoms with Gasteiger partial charge in [-0.15, -0.1) is 0 Å². The second kappa shape index (κ2) is 7.63. The van der Waals surface area contributed by atoms with Crippen LogP contribution in [-0.2, 0) is 4.79 Å². The molecule has 7 heteroatoms. The lowest BCUT2D eigenvalue weighted by Gasteiger charge is -2.09. The Morgan fingerprint density at radius 1 is 1.18 bits per heavy atom. The van der Waals surface area contributed by atoms with E-state index in [0.717, 1.165) is 6.29 Å². The molecule has 0 saturated carbocycles. The largest absolute Gasteiger partial charge is 0.483 e. The first-order valence-electron chi connectivity index (χ1n) is 6.12. The second-order valence-corrected chi connectivity index (χ2v) is 5.94. The molecule has 0 aromatic heterocycles. The Morgan fingerprint density at radius 3 is 2.59 bits per heavy atom. The molecule has 2 aromatic carbocycles. The van der Waals surface area contributed by atoms with Crippen LogP contribution in [0.2, 0.25) is 10.0 Å². The van der Waals surface area contributed by atoms with Crippen molar-refractivity contribution in [2.24, 2.45) is 0 Å². The second-order valence-electron chi connectivity index (χ2n) is 4.27. The van der Waals surface area contributed by atoms with Gasteiger partial charge in [0.25, 0.3) is 5.91 Å². The molecule has 0 radical (unpaired) electrons. The third-order valence-electron chi connectivity index (χ3n) is 2.65. The molecule has 0 saturated heterocycles. The maximum atomic E-state index is 11.8. The van der Waals surface area contributed by atoms with E-state index in [1.807, 2.05) is 0 Å². The van der Waals surface area contributed by atoms with Crippen LogP contribution in [0.4, 0.5) is 5.69 Å². The highest BCUT2D eigenvalue weighted by Crippen LogP contribution is 2.26. The number of benzene rings is 2. The molecule has 2 rings (SSSR count). The van der Waals surface area contributed by atoms with Gasteiger partial charge in [-0.25, -0.2) is 0 Å². The Bertz CT molecular complexity index is 722. The zero-order valence-corrected chi connectivity index (χ0v) is 14.2. The number of carbonyl (C=O) groups is 2. The molecule has 1 N–H and O–H groups in total. The van der Waals surface area contributed by atoms with E-state index in [1.54, 1.807) is 36.4 Å². The van der Waals surface area contributed by atoms with Crippen LogP contribution >= 0.6 is 39.1 Å². The molecular formula is C15H10BrCl2NO3. The highest BCUT2D eigenvalue weighted by atomic mass is 79.9. The molecule has 22 heavy (non-hydrogen) atoms.